The number of hydrogen-bond donors (Lipinski definition) is 1. The van der Waals surface area contributed by atoms with E-state index in [1.54, 1.807) is 0 Å². The molecule has 17 heavy (non-hydrogen) atoms. The molecule has 2 N–H and O–H groups in total. The fraction of sp³-hybridized carbons (Fsp3) is 0.600. The molecule has 94 valence electrons. The smallest absolute Gasteiger partial charge is 0.0417 e. The maximum absolute atomic E-state index is 6.26. The molecule has 0 saturated carbocycles. The van der Waals surface area contributed by atoms with Gasteiger partial charge in [0.25, 0.3) is 0 Å². The molecule has 1 aliphatic rings. The fourth-order valence-electron chi connectivity index (χ4n) is 2.93. The van der Waals surface area contributed by atoms with Crippen LogP contribution in [0.1, 0.15) is 51.1 Å². The number of nitrogens with two attached hydrogens (primary N) is 1. The van der Waals surface area contributed by atoms with Crippen LogP contribution in [0, 0.1) is 0 Å². The predicted octanol–water partition coefficient (Wildman–Crippen LogP) is 3.48. The van der Waals surface area contributed by atoms with E-state index in [-0.39, 0.29) is 6.04 Å². The number of hydrogen-bond acceptors (Lipinski definition) is 2. The van der Waals surface area contributed by atoms with Crippen LogP contribution in [0.15, 0.2) is 24.3 Å². The van der Waals surface area contributed by atoms with Gasteiger partial charge in [-0.1, -0.05) is 32.0 Å². The predicted molar refractivity (Wildman–Crippen MR) is 74.3 cm³/mol. The summed E-state index contributed by atoms with van der Waals surface area (Å²) in [6.45, 7) is 5.71. The number of nitrogens with zero attached hydrogens (tertiary/aromatic N) is 1. The molecule has 2 nitrogen and oxygen atoms in total. The minimum Gasteiger partial charge on any atom is -0.368 e. The zero-order valence-electron chi connectivity index (χ0n) is 11.0. The molecule has 0 aromatic heterocycles. The van der Waals surface area contributed by atoms with Gasteiger partial charge in [0.1, 0.15) is 0 Å². The van der Waals surface area contributed by atoms with Crippen molar-refractivity contribution in [2.75, 3.05) is 11.4 Å². The van der Waals surface area contributed by atoms with Gasteiger partial charge in [0, 0.05) is 24.3 Å². The molecule has 1 aromatic rings. The van der Waals surface area contributed by atoms with Crippen molar-refractivity contribution in [1.82, 2.24) is 0 Å². The van der Waals surface area contributed by atoms with Gasteiger partial charge in [-0.25, -0.2) is 0 Å². The summed E-state index contributed by atoms with van der Waals surface area (Å²) >= 11 is 0. The van der Waals surface area contributed by atoms with Crippen LogP contribution in [0.2, 0.25) is 0 Å². The van der Waals surface area contributed by atoms with Crippen LogP contribution in [-0.2, 0) is 0 Å². The first-order valence-electron chi connectivity index (χ1n) is 6.89. The fourth-order valence-corrected chi connectivity index (χ4v) is 2.93. The van der Waals surface area contributed by atoms with Crippen LogP contribution < -0.4 is 10.6 Å². The Balaban J connectivity index is 2.37. The molecular weight excluding hydrogens is 208 g/mol. The molecule has 0 amide bonds. The van der Waals surface area contributed by atoms with Gasteiger partial charge in [-0.15, -0.1) is 0 Å². The Morgan fingerprint density at radius 2 is 2.00 bits per heavy atom. The van der Waals surface area contributed by atoms with Gasteiger partial charge >= 0.3 is 0 Å². The van der Waals surface area contributed by atoms with Gasteiger partial charge in [0.05, 0.1) is 0 Å². The van der Waals surface area contributed by atoms with E-state index in [1.807, 2.05) is 0 Å². The standard InChI is InChI=1S/C15H24N2/c1-3-12(4-2)17-11-7-9-14(16)13-8-5-6-10-15(13)17/h5-6,8,10,12,14H,3-4,7,9,11,16H2,1-2H3. The number of benzene rings is 1. The van der Waals surface area contributed by atoms with Crippen LogP contribution in [0.5, 0.6) is 0 Å². The maximum Gasteiger partial charge on any atom is 0.0417 e. The minimum absolute atomic E-state index is 0.213. The Morgan fingerprint density at radius 1 is 1.29 bits per heavy atom. The Morgan fingerprint density at radius 3 is 2.71 bits per heavy atom. The van der Waals surface area contributed by atoms with E-state index >= 15 is 0 Å². The van der Waals surface area contributed by atoms with E-state index in [4.69, 9.17) is 5.73 Å². The second-order valence-electron chi connectivity index (χ2n) is 4.97. The number of rotatable bonds is 3. The Hall–Kier alpha value is -1.02. The van der Waals surface area contributed by atoms with Crippen molar-refractivity contribution in [2.24, 2.45) is 5.73 Å². The highest BCUT2D eigenvalue weighted by Gasteiger charge is 2.23. The zero-order valence-corrected chi connectivity index (χ0v) is 11.0. The van der Waals surface area contributed by atoms with Gasteiger partial charge in [0.15, 0.2) is 0 Å². The third-order valence-corrected chi connectivity index (χ3v) is 3.94. The van der Waals surface area contributed by atoms with Crippen molar-refractivity contribution in [2.45, 2.75) is 51.6 Å². The Kier molecular flexibility index (Phi) is 4.06. The quantitative estimate of drug-likeness (QED) is 0.864. The van der Waals surface area contributed by atoms with Crippen LogP contribution in [0.4, 0.5) is 5.69 Å². The monoisotopic (exact) mass is 232 g/mol. The highest BCUT2D eigenvalue weighted by molar-refractivity contribution is 5.56. The number of para-hydroxylation sites is 1. The molecule has 1 aliphatic heterocycles. The van der Waals surface area contributed by atoms with Gasteiger partial charge in [-0.2, -0.15) is 0 Å². The van der Waals surface area contributed by atoms with Crippen molar-refractivity contribution < 1.29 is 0 Å². The molecule has 2 heteroatoms. The highest BCUT2D eigenvalue weighted by atomic mass is 15.2. The molecule has 1 heterocycles. The molecule has 0 fully saturated rings. The normalized spacial score (nSPS) is 20.2. The number of fused-ring (bicyclic) bond motifs is 1. The Labute approximate surface area is 105 Å². The van der Waals surface area contributed by atoms with Gasteiger partial charge < -0.3 is 10.6 Å². The summed E-state index contributed by atoms with van der Waals surface area (Å²) in [5.74, 6) is 0. The third kappa shape index (κ3) is 2.47. The Bertz CT molecular complexity index is 358. The second kappa shape index (κ2) is 5.54. The summed E-state index contributed by atoms with van der Waals surface area (Å²) in [6.07, 6.45) is 4.72. The summed E-state index contributed by atoms with van der Waals surface area (Å²) in [4.78, 5) is 2.57. The molecule has 0 radical (unpaired) electrons. The van der Waals surface area contributed by atoms with Crippen molar-refractivity contribution in [3.05, 3.63) is 29.8 Å². The van der Waals surface area contributed by atoms with Gasteiger partial charge in [-0.3, -0.25) is 0 Å². The van der Waals surface area contributed by atoms with E-state index in [2.05, 4.69) is 43.0 Å². The largest absolute Gasteiger partial charge is 0.368 e. The zero-order chi connectivity index (χ0) is 12.3. The summed E-state index contributed by atoms with van der Waals surface area (Å²) in [7, 11) is 0. The topological polar surface area (TPSA) is 29.3 Å². The summed E-state index contributed by atoms with van der Waals surface area (Å²) < 4.78 is 0. The minimum atomic E-state index is 0.213. The molecule has 0 spiro atoms. The van der Waals surface area contributed by atoms with Crippen molar-refractivity contribution in [3.8, 4) is 0 Å². The average Bonchev–Trinajstić information content (AvgIpc) is 2.53. The first-order valence-corrected chi connectivity index (χ1v) is 6.89. The SMILES string of the molecule is CCC(CC)N1CCCC(N)c2ccccc21. The maximum atomic E-state index is 6.26. The van der Waals surface area contributed by atoms with Gasteiger partial charge in [0.2, 0.25) is 0 Å². The summed E-state index contributed by atoms with van der Waals surface area (Å²) in [5.41, 5.74) is 8.96. The molecule has 1 aromatic carbocycles. The highest BCUT2D eigenvalue weighted by Crippen LogP contribution is 2.33. The van der Waals surface area contributed by atoms with Crippen LogP contribution >= 0.6 is 0 Å². The van der Waals surface area contributed by atoms with Crippen LogP contribution in [-0.4, -0.2) is 12.6 Å². The van der Waals surface area contributed by atoms with E-state index in [1.165, 1.54) is 30.5 Å². The molecule has 1 unspecified atom stereocenters. The summed E-state index contributed by atoms with van der Waals surface area (Å²) in [5, 5.41) is 0. The average molecular weight is 232 g/mol. The molecule has 0 aliphatic carbocycles. The third-order valence-electron chi connectivity index (χ3n) is 3.94. The lowest BCUT2D eigenvalue weighted by atomic mass is 10.0. The molecule has 2 rings (SSSR count). The van der Waals surface area contributed by atoms with Crippen LogP contribution in [0.3, 0.4) is 0 Å². The van der Waals surface area contributed by atoms with Crippen molar-refractivity contribution in [1.29, 1.82) is 0 Å². The molecule has 0 saturated heterocycles. The van der Waals surface area contributed by atoms with Crippen molar-refractivity contribution >= 4 is 5.69 Å². The summed E-state index contributed by atoms with van der Waals surface area (Å²) in [6, 6.07) is 9.54. The molecular formula is C15H24N2. The first-order chi connectivity index (χ1) is 8.27. The first kappa shape index (κ1) is 12.4. The second-order valence-corrected chi connectivity index (χ2v) is 4.97. The van der Waals surface area contributed by atoms with E-state index < -0.39 is 0 Å². The number of anilines is 1. The lowest BCUT2D eigenvalue weighted by Gasteiger charge is -2.33. The van der Waals surface area contributed by atoms with Gasteiger partial charge in [-0.05, 0) is 37.3 Å². The lowest BCUT2D eigenvalue weighted by molar-refractivity contribution is 0.542. The van der Waals surface area contributed by atoms with E-state index in [9.17, 15) is 0 Å². The molecule has 0 bridgehead atoms. The van der Waals surface area contributed by atoms with Crippen LogP contribution in [0.25, 0.3) is 0 Å². The molecule has 1 atom stereocenters. The lowest BCUT2D eigenvalue weighted by Crippen LogP contribution is -2.35. The van der Waals surface area contributed by atoms with Crippen molar-refractivity contribution in [3.63, 3.8) is 0 Å². The van der Waals surface area contributed by atoms with E-state index in [0.29, 0.717) is 6.04 Å². The van der Waals surface area contributed by atoms with E-state index in [0.717, 1.165) is 13.0 Å².